The van der Waals surface area contributed by atoms with Gasteiger partial charge in [-0.15, -0.1) is 0 Å². The highest BCUT2D eigenvalue weighted by molar-refractivity contribution is 6.39. The molecule has 0 saturated carbocycles. The average Bonchev–Trinajstić information content (AvgIpc) is 2.83. The van der Waals surface area contributed by atoms with E-state index in [4.69, 9.17) is 32.5 Å². The van der Waals surface area contributed by atoms with Gasteiger partial charge in [0.05, 0.1) is 23.4 Å². The number of halogens is 2. The van der Waals surface area contributed by atoms with Crippen LogP contribution >= 0.6 is 23.2 Å². The molecule has 1 heterocycles. The van der Waals surface area contributed by atoms with Gasteiger partial charge in [0, 0.05) is 17.0 Å². The molecule has 3 nitrogen and oxygen atoms in total. The molecule has 0 aliphatic heterocycles. The lowest BCUT2D eigenvalue weighted by Gasteiger charge is -2.07. The summed E-state index contributed by atoms with van der Waals surface area (Å²) in [5.41, 5.74) is 2.38. The highest BCUT2D eigenvalue weighted by atomic mass is 35.5. The Bertz CT molecular complexity index is 627. The molecule has 0 aliphatic rings. The molecule has 0 fully saturated rings. The van der Waals surface area contributed by atoms with Crippen LogP contribution < -0.4 is 0 Å². The van der Waals surface area contributed by atoms with Gasteiger partial charge in [0.15, 0.2) is 0 Å². The summed E-state index contributed by atoms with van der Waals surface area (Å²) in [5.74, 6) is 1.06. The number of ether oxygens (including phenoxy) is 1. The first-order valence-corrected chi connectivity index (χ1v) is 7.42. The van der Waals surface area contributed by atoms with E-state index in [0.29, 0.717) is 27.7 Å². The van der Waals surface area contributed by atoms with Crippen molar-refractivity contribution in [1.29, 1.82) is 0 Å². The molecule has 1 aromatic carbocycles. The van der Waals surface area contributed by atoms with Gasteiger partial charge in [0.25, 0.3) is 0 Å². The molecule has 0 N–H and O–H groups in total. The van der Waals surface area contributed by atoms with E-state index in [0.717, 1.165) is 11.3 Å². The highest BCUT2D eigenvalue weighted by Crippen LogP contribution is 2.38. The first-order chi connectivity index (χ1) is 10.1. The van der Waals surface area contributed by atoms with Crippen LogP contribution in [0.25, 0.3) is 11.3 Å². The molecule has 0 spiro atoms. The van der Waals surface area contributed by atoms with E-state index in [9.17, 15) is 0 Å². The Morgan fingerprint density at radius 2 is 1.95 bits per heavy atom. The second-order valence-corrected chi connectivity index (χ2v) is 5.75. The van der Waals surface area contributed by atoms with E-state index in [1.807, 2.05) is 12.1 Å². The molecule has 21 heavy (non-hydrogen) atoms. The summed E-state index contributed by atoms with van der Waals surface area (Å²) in [7, 11) is 1.61. The number of benzene rings is 1. The molecule has 2 rings (SSSR count). The van der Waals surface area contributed by atoms with Gasteiger partial charge < -0.3 is 9.26 Å². The minimum absolute atomic E-state index is 0.221. The van der Waals surface area contributed by atoms with Crippen LogP contribution in [-0.2, 0) is 11.2 Å². The molecule has 112 valence electrons. The second kappa shape index (κ2) is 7.01. The van der Waals surface area contributed by atoms with Crippen LogP contribution in [0.15, 0.2) is 35.1 Å². The van der Waals surface area contributed by atoms with E-state index in [2.05, 4.69) is 19.0 Å². The molecule has 0 bridgehead atoms. The Morgan fingerprint density at radius 3 is 2.52 bits per heavy atom. The molecule has 0 amide bonds. The molecule has 0 saturated heterocycles. The normalized spacial score (nSPS) is 11.5. The summed E-state index contributed by atoms with van der Waals surface area (Å²) >= 11 is 12.6. The summed E-state index contributed by atoms with van der Waals surface area (Å²) in [4.78, 5) is 0. The molecule has 0 atom stereocenters. The highest BCUT2D eigenvalue weighted by Gasteiger charge is 2.22. The van der Waals surface area contributed by atoms with Crippen LogP contribution in [0.5, 0.6) is 0 Å². The average molecular weight is 326 g/mol. The number of rotatable bonds is 5. The van der Waals surface area contributed by atoms with E-state index >= 15 is 0 Å². The van der Waals surface area contributed by atoms with Gasteiger partial charge in [-0.2, -0.15) is 0 Å². The number of allylic oxidation sites excluding steroid dienone is 1. The van der Waals surface area contributed by atoms with Crippen molar-refractivity contribution in [2.75, 3.05) is 7.11 Å². The predicted molar refractivity (Wildman–Crippen MR) is 85.9 cm³/mol. The van der Waals surface area contributed by atoms with Gasteiger partial charge >= 0.3 is 0 Å². The van der Waals surface area contributed by atoms with Crippen LogP contribution in [0.4, 0.5) is 0 Å². The fourth-order valence-electron chi connectivity index (χ4n) is 2.16. The summed E-state index contributed by atoms with van der Waals surface area (Å²) < 4.78 is 10.5. The fraction of sp³-hybridized carbons (Fsp3) is 0.312. The molecule has 5 heteroatoms. The van der Waals surface area contributed by atoms with Gasteiger partial charge in [0.1, 0.15) is 11.5 Å². The molecule has 0 aliphatic carbocycles. The third-order valence-electron chi connectivity index (χ3n) is 3.10. The molecule has 1 aromatic heterocycles. The van der Waals surface area contributed by atoms with Crippen molar-refractivity contribution in [3.63, 3.8) is 0 Å². The summed E-state index contributed by atoms with van der Waals surface area (Å²) in [5, 5.41) is 5.31. The zero-order valence-corrected chi connectivity index (χ0v) is 13.7. The van der Waals surface area contributed by atoms with E-state index in [-0.39, 0.29) is 5.92 Å². The SMILES string of the molecule is CO/C=C/Cc1c(-c2c(Cl)cccc2Cl)noc1C(C)C. The lowest BCUT2D eigenvalue weighted by Crippen LogP contribution is -1.94. The molecular formula is C16H17Cl2NO2. The Kier molecular flexibility index (Phi) is 5.32. The van der Waals surface area contributed by atoms with E-state index in [1.54, 1.807) is 25.5 Å². The van der Waals surface area contributed by atoms with Crippen LogP contribution in [-0.4, -0.2) is 12.3 Å². The molecular weight excluding hydrogens is 309 g/mol. The third kappa shape index (κ3) is 3.42. The maximum absolute atomic E-state index is 6.28. The Balaban J connectivity index is 2.55. The van der Waals surface area contributed by atoms with Crippen molar-refractivity contribution in [3.05, 3.63) is 51.9 Å². The van der Waals surface area contributed by atoms with E-state index in [1.165, 1.54) is 0 Å². The number of hydrogen-bond donors (Lipinski definition) is 0. The number of hydrogen-bond acceptors (Lipinski definition) is 3. The van der Waals surface area contributed by atoms with Crippen molar-refractivity contribution in [2.24, 2.45) is 0 Å². The topological polar surface area (TPSA) is 35.3 Å². The van der Waals surface area contributed by atoms with Crippen LogP contribution in [0.2, 0.25) is 10.0 Å². The number of aromatic nitrogens is 1. The first-order valence-electron chi connectivity index (χ1n) is 6.66. The Labute approximate surface area is 134 Å². The summed E-state index contributed by atoms with van der Waals surface area (Å²) in [6.07, 6.45) is 4.18. The van der Waals surface area contributed by atoms with Crippen molar-refractivity contribution in [2.45, 2.75) is 26.2 Å². The van der Waals surface area contributed by atoms with E-state index < -0.39 is 0 Å². The fourth-order valence-corrected chi connectivity index (χ4v) is 2.73. The zero-order chi connectivity index (χ0) is 15.4. The van der Waals surface area contributed by atoms with Crippen molar-refractivity contribution >= 4 is 23.2 Å². The maximum atomic E-state index is 6.28. The first kappa shape index (κ1) is 15.9. The quantitative estimate of drug-likeness (QED) is 0.683. The van der Waals surface area contributed by atoms with Crippen molar-refractivity contribution < 1.29 is 9.26 Å². The smallest absolute Gasteiger partial charge is 0.143 e. The summed E-state index contributed by atoms with van der Waals surface area (Å²) in [6, 6.07) is 5.39. The lowest BCUT2D eigenvalue weighted by molar-refractivity contribution is 0.336. The minimum atomic E-state index is 0.221. The largest absolute Gasteiger partial charge is 0.505 e. The number of nitrogens with zero attached hydrogens (tertiary/aromatic N) is 1. The second-order valence-electron chi connectivity index (χ2n) is 4.94. The summed E-state index contributed by atoms with van der Waals surface area (Å²) in [6.45, 7) is 4.12. The molecule has 0 unspecified atom stereocenters. The standard InChI is InChI=1S/C16H17Cl2NO2/c1-10(2)16-11(6-5-9-20-3)15(19-21-16)14-12(17)7-4-8-13(14)18/h4-5,7-10H,6H2,1-3H3/b9-5+. The Morgan fingerprint density at radius 1 is 1.29 bits per heavy atom. The van der Waals surface area contributed by atoms with Gasteiger partial charge in [0.2, 0.25) is 0 Å². The molecule has 2 aromatic rings. The van der Waals surface area contributed by atoms with Gasteiger partial charge in [-0.1, -0.05) is 48.3 Å². The van der Waals surface area contributed by atoms with Crippen molar-refractivity contribution in [1.82, 2.24) is 5.16 Å². The van der Waals surface area contributed by atoms with Crippen LogP contribution in [0.1, 0.15) is 31.1 Å². The Hall–Kier alpha value is -1.45. The van der Waals surface area contributed by atoms with Gasteiger partial charge in [-0.05, 0) is 24.6 Å². The van der Waals surface area contributed by atoms with Crippen molar-refractivity contribution in [3.8, 4) is 11.3 Å². The maximum Gasteiger partial charge on any atom is 0.143 e. The van der Waals surface area contributed by atoms with Gasteiger partial charge in [-0.3, -0.25) is 0 Å². The minimum Gasteiger partial charge on any atom is -0.505 e. The monoisotopic (exact) mass is 325 g/mol. The van der Waals surface area contributed by atoms with Gasteiger partial charge in [-0.25, -0.2) is 0 Å². The molecule has 0 radical (unpaired) electrons. The van der Waals surface area contributed by atoms with Crippen LogP contribution in [0.3, 0.4) is 0 Å². The lowest BCUT2D eigenvalue weighted by atomic mass is 9.98. The zero-order valence-electron chi connectivity index (χ0n) is 12.2. The number of methoxy groups -OCH3 is 1. The van der Waals surface area contributed by atoms with Crippen LogP contribution in [0, 0.1) is 0 Å². The third-order valence-corrected chi connectivity index (χ3v) is 3.73. The predicted octanol–water partition coefficient (Wildman–Crippen LogP) is 5.47.